The van der Waals surface area contributed by atoms with Gasteiger partial charge in [0.1, 0.15) is 6.33 Å². The summed E-state index contributed by atoms with van der Waals surface area (Å²) in [4.78, 5) is 0. The minimum absolute atomic E-state index is 0.487. The molecule has 1 heterocycles. The van der Waals surface area contributed by atoms with Gasteiger partial charge in [0.25, 0.3) is 0 Å². The van der Waals surface area contributed by atoms with Gasteiger partial charge in [0.2, 0.25) is 0 Å². The maximum atomic E-state index is 6.15. The number of benzene rings is 1. The Hall–Kier alpha value is -1.10. The van der Waals surface area contributed by atoms with E-state index >= 15 is 0 Å². The summed E-state index contributed by atoms with van der Waals surface area (Å²) in [5.41, 5.74) is 0.771. The number of hydrogen-bond donors (Lipinski definition) is 0. The quantitative estimate of drug-likeness (QED) is 0.859. The van der Waals surface area contributed by atoms with Crippen molar-refractivity contribution in [2.45, 2.75) is 6.54 Å². The van der Waals surface area contributed by atoms with Crippen LogP contribution in [0.25, 0.3) is 11.4 Å². The van der Waals surface area contributed by atoms with Crippen molar-refractivity contribution in [3.05, 3.63) is 34.6 Å². The molecule has 0 atom stereocenters. The summed E-state index contributed by atoms with van der Waals surface area (Å²) >= 11 is 12.1. The standard InChI is InChI=1S/C11H11Cl2N3O/c1-17-6-5-16-7-14-15-11(16)8-3-2-4-9(12)10(8)13/h2-4,7H,5-6H2,1H3. The fourth-order valence-electron chi connectivity index (χ4n) is 1.49. The molecule has 0 fully saturated rings. The molecule has 0 aliphatic carbocycles. The fourth-order valence-corrected chi connectivity index (χ4v) is 1.88. The fraction of sp³-hybridized carbons (Fsp3) is 0.273. The van der Waals surface area contributed by atoms with Gasteiger partial charge in [-0.05, 0) is 12.1 Å². The van der Waals surface area contributed by atoms with Crippen LogP contribution in [0.2, 0.25) is 10.0 Å². The Bertz CT molecular complexity index is 513. The summed E-state index contributed by atoms with van der Waals surface area (Å²) in [7, 11) is 1.65. The maximum absolute atomic E-state index is 6.15. The van der Waals surface area contributed by atoms with Crippen LogP contribution in [0.3, 0.4) is 0 Å². The van der Waals surface area contributed by atoms with E-state index in [9.17, 15) is 0 Å². The van der Waals surface area contributed by atoms with E-state index in [-0.39, 0.29) is 0 Å². The van der Waals surface area contributed by atoms with Crippen LogP contribution in [0.1, 0.15) is 0 Å². The number of hydrogen-bond acceptors (Lipinski definition) is 3. The largest absolute Gasteiger partial charge is 0.383 e. The van der Waals surface area contributed by atoms with Crippen LogP contribution in [0.4, 0.5) is 0 Å². The molecule has 17 heavy (non-hydrogen) atoms. The van der Waals surface area contributed by atoms with Crippen molar-refractivity contribution >= 4 is 23.2 Å². The SMILES string of the molecule is COCCn1cnnc1-c1cccc(Cl)c1Cl. The zero-order valence-corrected chi connectivity index (χ0v) is 10.7. The van der Waals surface area contributed by atoms with Crippen LogP contribution in [0, 0.1) is 0 Å². The molecule has 0 saturated carbocycles. The van der Waals surface area contributed by atoms with Gasteiger partial charge in [-0.15, -0.1) is 10.2 Å². The summed E-state index contributed by atoms with van der Waals surface area (Å²) in [5, 5.41) is 8.93. The van der Waals surface area contributed by atoms with Crippen molar-refractivity contribution in [3.63, 3.8) is 0 Å². The molecular weight excluding hydrogens is 261 g/mol. The summed E-state index contributed by atoms with van der Waals surface area (Å²) in [5.74, 6) is 0.689. The number of ether oxygens (including phenoxy) is 1. The lowest BCUT2D eigenvalue weighted by atomic mass is 10.2. The highest BCUT2D eigenvalue weighted by Gasteiger charge is 2.12. The molecule has 4 nitrogen and oxygen atoms in total. The van der Waals surface area contributed by atoms with Crippen LogP contribution in [-0.2, 0) is 11.3 Å². The van der Waals surface area contributed by atoms with Gasteiger partial charge in [0, 0.05) is 19.2 Å². The number of nitrogens with zero attached hydrogens (tertiary/aromatic N) is 3. The van der Waals surface area contributed by atoms with Crippen LogP contribution >= 0.6 is 23.2 Å². The van der Waals surface area contributed by atoms with E-state index in [1.165, 1.54) is 0 Å². The third kappa shape index (κ3) is 2.60. The van der Waals surface area contributed by atoms with E-state index in [2.05, 4.69) is 10.2 Å². The predicted molar refractivity (Wildman–Crippen MR) is 67.4 cm³/mol. The van der Waals surface area contributed by atoms with Crippen molar-refractivity contribution in [2.24, 2.45) is 0 Å². The average molecular weight is 272 g/mol. The molecule has 1 aromatic carbocycles. The van der Waals surface area contributed by atoms with E-state index in [1.807, 2.05) is 16.7 Å². The highest BCUT2D eigenvalue weighted by atomic mass is 35.5. The van der Waals surface area contributed by atoms with E-state index in [0.29, 0.717) is 29.0 Å². The Morgan fingerprint density at radius 1 is 1.35 bits per heavy atom. The molecule has 0 aliphatic rings. The molecule has 0 radical (unpaired) electrons. The third-order valence-corrected chi connectivity index (χ3v) is 3.16. The summed E-state index contributed by atoms with van der Waals surface area (Å²) in [6.45, 7) is 1.25. The second-order valence-electron chi connectivity index (χ2n) is 3.44. The van der Waals surface area contributed by atoms with Gasteiger partial charge in [0.15, 0.2) is 5.82 Å². The molecule has 0 unspecified atom stereocenters. The molecule has 0 bridgehead atoms. The molecule has 0 N–H and O–H groups in total. The van der Waals surface area contributed by atoms with Crippen LogP contribution in [0.15, 0.2) is 24.5 Å². The predicted octanol–water partition coefficient (Wildman–Crippen LogP) is 2.90. The van der Waals surface area contributed by atoms with Gasteiger partial charge in [-0.25, -0.2) is 0 Å². The van der Waals surface area contributed by atoms with Gasteiger partial charge >= 0.3 is 0 Å². The topological polar surface area (TPSA) is 39.9 Å². The van der Waals surface area contributed by atoms with E-state index in [4.69, 9.17) is 27.9 Å². The lowest BCUT2D eigenvalue weighted by Gasteiger charge is -2.07. The molecule has 2 aromatic rings. The first-order chi connectivity index (χ1) is 8.24. The van der Waals surface area contributed by atoms with Gasteiger partial charge in [0.05, 0.1) is 16.7 Å². The maximum Gasteiger partial charge on any atom is 0.165 e. The Balaban J connectivity index is 2.39. The van der Waals surface area contributed by atoms with Crippen molar-refractivity contribution in [1.82, 2.24) is 14.8 Å². The van der Waals surface area contributed by atoms with Crippen molar-refractivity contribution in [1.29, 1.82) is 0 Å². The van der Waals surface area contributed by atoms with Gasteiger partial charge in [-0.1, -0.05) is 29.3 Å². The average Bonchev–Trinajstić information content (AvgIpc) is 2.78. The smallest absolute Gasteiger partial charge is 0.165 e. The zero-order valence-electron chi connectivity index (χ0n) is 9.23. The first-order valence-electron chi connectivity index (χ1n) is 5.05. The second-order valence-corrected chi connectivity index (χ2v) is 4.23. The number of halogens is 2. The molecule has 6 heteroatoms. The number of methoxy groups -OCH3 is 1. The van der Waals surface area contributed by atoms with Crippen LogP contribution in [0.5, 0.6) is 0 Å². The first-order valence-corrected chi connectivity index (χ1v) is 5.80. The second kappa shape index (κ2) is 5.49. The van der Waals surface area contributed by atoms with E-state index < -0.39 is 0 Å². The van der Waals surface area contributed by atoms with Gasteiger partial charge in [-0.2, -0.15) is 0 Å². The Labute approximate surface area is 109 Å². The minimum atomic E-state index is 0.487. The molecule has 2 rings (SSSR count). The van der Waals surface area contributed by atoms with Crippen molar-refractivity contribution < 1.29 is 4.74 Å². The monoisotopic (exact) mass is 271 g/mol. The van der Waals surface area contributed by atoms with Crippen molar-refractivity contribution in [2.75, 3.05) is 13.7 Å². The van der Waals surface area contributed by atoms with Crippen LogP contribution in [-0.4, -0.2) is 28.5 Å². The number of rotatable bonds is 4. The Morgan fingerprint density at radius 3 is 2.94 bits per heavy atom. The minimum Gasteiger partial charge on any atom is -0.383 e. The summed E-state index contributed by atoms with van der Waals surface area (Å²) in [6.07, 6.45) is 1.64. The Morgan fingerprint density at radius 2 is 2.18 bits per heavy atom. The lowest BCUT2D eigenvalue weighted by Crippen LogP contribution is -2.05. The Kier molecular flexibility index (Phi) is 3.99. The molecule has 0 aliphatic heterocycles. The highest BCUT2D eigenvalue weighted by molar-refractivity contribution is 6.43. The molecule has 0 spiro atoms. The molecular formula is C11H11Cl2N3O. The number of aromatic nitrogens is 3. The van der Waals surface area contributed by atoms with E-state index in [0.717, 1.165) is 5.56 Å². The van der Waals surface area contributed by atoms with Gasteiger partial charge < -0.3 is 9.30 Å². The zero-order chi connectivity index (χ0) is 12.3. The molecule has 0 saturated heterocycles. The van der Waals surface area contributed by atoms with Crippen molar-refractivity contribution in [3.8, 4) is 11.4 Å². The van der Waals surface area contributed by atoms with E-state index in [1.54, 1.807) is 19.5 Å². The molecule has 0 amide bonds. The first kappa shape index (κ1) is 12.4. The van der Waals surface area contributed by atoms with Crippen LogP contribution < -0.4 is 0 Å². The molecule has 1 aromatic heterocycles. The highest BCUT2D eigenvalue weighted by Crippen LogP contribution is 2.32. The third-order valence-electron chi connectivity index (χ3n) is 2.34. The molecule has 90 valence electrons. The summed E-state index contributed by atoms with van der Waals surface area (Å²) < 4.78 is 6.90. The summed E-state index contributed by atoms with van der Waals surface area (Å²) in [6, 6.07) is 5.43. The normalized spacial score (nSPS) is 10.8. The lowest BCUT2D eigenvalue weighted by molar-refractivity contribution is 0.187. The van der Waals surface area contributed by atoms with Gasteiger partial charge in [-0.3, -0.25) is 0 Å².